The third-order valence-electron chi connectivity index (χ3n) is 17.0. The summed E-state index contributed by atoms with van der Waals surface area (Å²) >= 11 is 19.5. The van der Waals surface area contributed by atoms with E-state index >= 15 is 0 Å². The van der Waals surface area contributed by atoms with Crippen LogP contribution in [0, 0.1) is 0 Å². The lowest BCUT2D eigenvalue weighted by molar-refractivity contribution is 0.763. The van der Waals surface area contributed by atoms with Crippen molar-refractivity contribution in [3.05, 3.63) is 0 Å². The molecule has 0 aromatic carbocycles. The summed E-state index contributed by atoms with van der Waals surface area (Å²) in [7, 11) is -17.3. The van der Waals surface area contributed by atoms with Gasteiger partial charge >= 0.3 is 0 Å². The maximum absolute atomic E-state index is 9.74. The highest BCUT2D eigenvalue weighted by molar-refractivity contribution is 8.69. The molecule has 46 heavy (non-hydrogen) atoms. The van der Waals surface area contributed by atoms with E-state index in [9.17, 15) is 22.2 Å². The molecule has 2 spiro atoms. The summed E-state index contributed by atoms with van der Waals surface area (Å²) in [5.41, 5.74) is 0. The van der Waals surface area contributed by atoms with Gasteiger partial charge in [-0.2, -0.15) is 22.2 Å². The fraction of sp³-hybridized carbons (Fsp3) is 1.00. The van der Waals surface area contributed by atoms with Crippen LogP contribution in [0.5, 0.6) is 0 Å². The van der Waals surface area contributed by atoms with Crippen molar-refractivity contribution >= 4 is 113 Å². The van der Waals surface area contributed by atoms with Crippen molar-refractivity contribution in [3.8, 4) is 0 Å². The van der Waals surface area contributed by atoms with Crippen LogP contribution < -0.4 is 0 Å². The summed E-state index contributed by atoms with van der Waals surface area (Å²) < 4.78 is 2.52. The van der Waals surface area contributed by atoms with Crippen molar-refractivity contribution < 1.29 is 0 Å². The molecule has 14 heteroatoms. The topological polar surface area (TPSA) is 0 Å². The molecule has 0 amide bonds. The smallest absolute Gasteiger partial charge is 0.141 e. The first-order valence-corrected chi connectivity index (χ1v) is 62.1. The van der Waals surface area contributed by atoms with Gasteiger partial charge in [-0.1, -0.05) is 183 Å². The molecule has 4 aliphatic rings. The van der Waals surface area contributed by atoms with Gasteiger partial charge in [0.05, 0.1) is 14.2 Å². The molecule has 0 aromatic rings. The van der Waals surface area contributed by atoms with Crippen molar-refractivity contribution in [1.29, 1.82) is 0 Å². The van der Waals surface area contributed by atoms with Crippen molar-refractivity contribution in [2.45, 2.75) is 200 Å². The van der Waals surface area contributed by atoms with E-state index in [1.54, 1.807) is 25.7 Å². The summed E-state index contributed by atoms with van der Waals surface area (Å²) in [6.07, 6.45) is 6.25. The van der Waals surface area contributed by atoms with Crippen LogP contribution in [0.1, 0.15) is 25.7 Å². The van der Waals surface area contributed by atoms with Gasteiger partial charge in [0, 0.05) is 64.6 Å². The van der Waals surface area contributed by atoms with Gasteiger partial charge in [0.15, 0.2) is 0 Å². The first kappa shape index (κ1) is 41.9. The molecule has 0 bridgehead atoms. The summed E-state index contributed by atoms with van der Waals surface area (Å²) in [5, 5.41) is 0. The highest BCUT2D eigenvalue weighted by atomic mass is 35.6. The van der Waals surface area contributed by atoms with Crippen LogP contribution in [-0.2, 0) is 0 Å². The Morgan fingerprint density at radius 2 is 0.391 bits per heavy atom. The quantitative estimate of drug-likeness (QED) is 0.168. The second kappa shape index (κ2) is 10.1. The lowest BCUT2D eigenvalue weighted by Gasteiger charge is -2.73. The molecular formula is C32H80Cl2Si12. The summed E-state index contributed by atoms with van der Waals surface area (Å²) in [6.45, 7) is 69.1. The van der Waals surface area contributed by atoms with Crippen molar-refractivity contribution in [2.24, 2.45) is 0 Å². The molecule has 0 radical (unpaired) electrons. The second-order valence-electron chi connectivity index (χ2n) is 25.4. The Morgan fingerprint density at radius 3 is 0.478 bits per heavy atom. The van der Waals surface area contributed by atoms with E-state index in [-0.39, 0.29) is 0 Å². The second-order valence-corrected chi connectivity index (χ2v) is 127. The monoisotopic (exact) mass is 870 g/mol. The van der Waals surface area contributed by atoms with Gasteiger partial charge < -0.3 is 0 Å². The van der Waals surface area contributed by atoms with Crippen LogP contribution in [0.15, 0.2) is 0 Å². The van der Waals surface area contributed by atoms with E-state index in [0.29, 0.717) is 17.1 Å². The molecule has 0 nitrogen and oxygen atoms in total. The zero-order chi connectivity index (χ0) is 36.8. The van der Waals surface area contributed by atoms with Crippen molar-refractivity contribution in [2.75, 3.05) is 0 Å². The van der Waals surface area contributed by atoms with Crippen molar-refractivity contribution in [3.63, 3.8) is 0 Å². The molecule has 0 aliphatic carbocycles. The standard InChI is InChI=1S/C32H80Cl2Si12/c1-35(2,3)29(36(4,5)6)25-26-30(37(7,8)9,38(10,11)12)43(29)45(33)44(46(43,45)34)31(39(13,14)15,40(16,17)18)27-28-32(44,41(19,20)21)42(22,23)24/h25-28H2,1-24H3. The Labute approximate surface area is 310 Å². The van der Waals surface area contributed by atoms with Crippen LogP contribution in [0.3, 0.4) is 0 Å². The predicted octanol–water partition coefficient (Wildman–Crippen LogP) is 13.2. The Kier molecular flexibility index (Phi) is 9.18. The normalized spacial score (nSPS) is 33.0. The molecule has 4 saturated heterocycles. The minimum atomic E-state index is -2.24. The number of hydrogen-bond donors (Lipinski definition) is 0. The van der Waals surface area contributed by atoms with E-state index in [4.69, 9.17) is 0 Å². The SMILES string of the molecule is C[Si](C)(C)C1([Si](C)(C)C)CCC([Si](C)(C)C)([Si](C)(C)C)[Si]12[Si]1(Cl)[Si]3(C([Si](C)(C)C)([Si](C)(C)C)CCC3([Si](C)(C)C)[Si](C)(C)C)[Si]21Cl. The van der Waals surface area contributed by atoms with Gasteiger partial charge in [-0.3, -0.25) is 0 Å². The van der Waals surface area contributed by atoms with Gasteiger partial charge in [-0.25, -0.2) is 0 Å². The number of rotatable bonds is 8. The first-order valence-electron chi connectivity index (χ1n) is 19.0. The lowest BCUT2D eigenvalue weighted by Crippen LogP contribution is -2.89. The molecule has 4 heterocycles. The molecule has 0 N–H and O–H groups in total. The first-order chi connectivity index (χ1) is 19.7. The van der Waals surface area contributed by atoms with Crippen LogP contribution in [0.25, 0.3) is 0 Å². The Hall–Kier alpha value is 3.18. The van der Waals surface area contributed by atoms with Gasteiger partial charge in [0.2, 0.25) is 0 Å². The molecule has 4 rings (SSSR count). The Morgan fingerprint density at radius 1 is 0.283 bits per heavy atom. The van der Waals surface area contributed by atoms with E-state index < -0.39 is 90.7 Å². The van der Waals surface area contributed by atoms with Crippen LogP contribution >= 0.6 is 22.2 Å². The molecule has 0 saturated carbocycles. The molecule has 0 atom stereocenters. The van der Waals surface area contributed by atoms with E-state index in [2.05, 4.69) is 157 Å². The van der Waals surface area contributed by atoms with E-state index in [1.807, 2.05) is 0 Å². The molecule has 0 unspecified atom stereocenters. The minimum absolute atomic E-state index is 0.631. The summed E-state index contributed by atoms with van der Waals surface area (Å²) in [4.78, 5) is 0. The Bertz CT molecular complexity index is 1040. The zero-order valence-corrected chi connectivity index (χ0v) is 49.1. The number of halogens is 2. The Balaban J connectivity index is 2.42. The molecule has 0 aromatic heterocycles. The lowest BCUT2D eigenvalue weighted by atomic mass is 10.4. The fourth-order valence-electron chi connectivity index (χ4n) is 18.1. The maximum atomic E-state index is 9.74. The van der Waals surface area contributed by atoms with E-state index in [0.717, 1.165) is 0 Å². The molecule has 4 aliphatic heterocycles. The minimum Gasteiger partial charge on any atom is -0.177 e. The third-order valence-corrected chi connectivity index (χ3v) is 218. The van der Waals surface area contributed by atoms with Crippen LogP contribution in [-0.4, -0.2) is 90.7 Å². The number of hydrogen-bond acceptors (Lipinski definition) is 0. The molecular weight excluding hydrogens is 792 g/mol. The van der Waals surface area contributed by atoms with Gasteiger partial charge in [0.25, 0.3) is 0 Å². The van der Waals surface area contributed by atoms with Crippen LogP contribution in [0.2, 0.25) is 174 Å². The van der Waals surface area contributed by atoms with Crippen LogP contribution in [0.4, 0.5) is 0 Å². The highest BCUT2D eigenvalue weighted by Crippen LogP contribution is 3.05. The van der Waals surface area contributed by atoms with Gasteiger partial charge in [0.1, 0.15) is 11.9 Å². The summed E-state index contributed by atoms with van der Waals surface area (Å²) in [6, 6.07) is 0. The molecule has 4 fully saturated rings. The van der Waals surface area contributed by atoms with Gasteiger partial charge in [-0.05, 0) is 17.1 Å². The fourth-order valence-corrected chi connectivity index (χ4v) is 462. The predicted molar refractivity (Wildman–Crippen MR) is 251 cm³/mol. The summed E-state index contributed by atoms with van der Waals surface area (Å²) in [5.74, 6) is -4.48. The van der Waals surface area contributed by atoms with Gasteiger partial charge in [-0.15, -0.1) is 0 Å². The average Bonchev–Trinajstić information content (AvgIpc) is 3.22. The van der Waals surface area contributed by atoms with E-state index in [1.165, 1.54) is 0 Å². The number of fused-ring (bicyclic) bond motifs is 5. The molecule has 270 valence electrons. The zero-order valence-electron chi connectivity index (χ0n) is 35.6. The highest BCUT2D eigenvalue weighted by Gasteiger charge is 3.27. The third kappa shape index (κ3) is 3.64. The van der Waals surface area contributed by atoms with Crippen molar-refractivity contribution in [1.82, 2.24) is 0 Å². The largest absolute Gasteiger partial charge is 0.177 e. The maximum Gasteiger partial charge on any atom is 0.141 e. The average molecular weight is 873 g/mol.